The van der Waals surface area contributed by atoms with E-state index in [0.29, 0.717) is 0 Å². The molecule has 0 bridgehead atoms. The van der Waals surface area contributed by atoms with E-state index in [1.165, 1.54) is 21.6 Å². The summed E-state index contributed by atoms with van der Waals surface area (Å²) in [5.74, 6) is 0. The average molecular weight is 196 g/mol. The van der Waals surface area contributed by atoms with Crippen LogP contribution in [0.5, 0.6) is 0 Å². The fourth-order valence-corrected chi connectivity index (χ4v) is 1.50. The van der Waals surface area contributed by atoms with Gasteiger partial charge in [-0.2, -0.15) is 0 Å². The molecular formula is C3H4N2S4. The first-order valence-electron chi connectivity index (χ1n) is 2.04. The summed E-state index contributed by atoms with van der Waals surface area (Å²) in [5, 5.41) is 1.74. The highest BCUT2D eigenvalue weighted by Gasteiger charge is 1.95. The average Bonchev–Trinajstić information content (AvgIpc) is 2.34. The van der Waals surface area contributed by atoms with Crippen molar-refractivity contribution in [2.24, 2.45) is 0 Å². The van der Waals surface area contributed by atoms with E-state index in [2.05, 4.69) is 33.3 Å². The van der Waals surface area contributed by atoms with Gasteiger partial charge >= 0.3 is 0 Å². The zero-order valence-corrected chi connectivity index (χ0v) is 7.66. The molecule has 0 spiro atoms. The van der Waals surface area contributed by atoms with Crippen LogP contribution in [0.15, 0.2) is 16.4 Å². The number of hydrogen-bond acceptors (Lipinski definition) is 5. The van der Waals surface area contributed by atoms with E-state index in [9.17, 15) is 0 Å². The summed E-state index contributed by atoms with van der Waals surface area (Å²) in [6, 6.07) is 0. The van der Waals surface area contributed by atoms with Crippen molar-refractivity contribution in [2.75, 3.05) is 0 Å². The molecule has 1 aromatic heterocycles. The third kappa shape index (κ3) is 2.03. The van der Waals surface area contributed by atoms with E-state index in [0.717, 1.165) is 10.2 Å². The van der Waals surface area contributed by atoms with Crippen LogP contribution in [-0.4, -0.2) is 9.97 Å². The molecule has 1 rings (SSSR count). The van der Waals surface area contributed by atoms with Gasteiger partial charge in [0.05, 0.1) is 6.20 Å². The Balaban J connectivity index is 2.74. The predicted molar refractivity (Wildman–Crippen MR) is 48.3 cm³/mol. The van der Waals surface area contributed by atoms with E-state index in [-0.39, 0.29) is 0 Å². The molecule has 0 fully saturated rings. The standard InChI is InChI=1S/C3H4N2S4/c6-8-2-1-4-3(5-2)9-7/h1,6-7H,(H,4,5). The van der Waals surface area contributed by atoms with Gasteiger partial charge in [-0.25, -0.2) is 4.98 Å². The van der Waals surface area contributed by atoms with Gasteiger partial charge in [-0.05, 0) is 21.6 Å². The first-order chi connectivity index (χ1) is 4.36. The summed E-state index contributed by atoms with van der Waals surface area (Å²) >= 11 is 7.92. The molecule has 0 saturated carbocycles. The Labute approximate surface area is 71.2 Å². The number of aromatic amines is 1. The third-order valence-corrected chi connectivity index (χ3v) is 2.61. The van der Waals surface area contributed by atoms with Crippen LogP contribution in [0.2, 0.25) is 0 Å². The lowest BCUT2D eigenvalue weighted by Crippen LogP contribution is -1.65. The number of aromatic nitrogens is 2. The van der Waals surface area contributed by atoms with Gasteiger partial charge in [-0.15, -0.1) is 23.3 Å². The molecule has 2 nitrogen and oxygen atoms in total. The van der Waals surface area contributed by atoms with Crippen LogP contribution in [0.4, 0.5) is 0 Å². The second-order valence-electron chi connectivity index (χ2n) is 1.24. The van der Waals surface area contributed by atoms with Crippen molar-refractivity contribution in [1.29, 1.82) is 0 Å². The van der Waals surface area contributed by atoms with Gasteiger partial charge in [0.15, 0.2) is 5.16 Å². The quantitative estimate of drug-likeness (QED) is 0.501. The zero-order chi connectivity index (χ0) is 6.69. The Morgan fingerprint density at radius 3 is 2.56 bits per heavy atom. The van der Waals surface area contributed by atoms with Gasteiger partial charge in [-0.3, -0.25) is 0 Å². The number of imidazole rings is 1. The smallest absolute Gasteiger partial charge is 0.176 e. The van der Waals surface area contributed by atoms with Crippen LogP contribution >= 0.6 is 44.9 Å². The maximum atomic E-state index is 3.97. The molecular weight excluding hydrogens is 192 g/mol. The van der Waals surface area contributed by atoms with Crippen molar-refractivity contribution in [3.05, 3.63) is 6.20 Å². The van der Waals surface area contributed by atoms with Crippen molar-refractivity contribution < 1.29 is 0 Å². The molecule has 9 heavy (non-hydrogen) atoms. The molecule has 0 radical (unpaired) electrons. The number of thiol groups is 2. The van der Waals surface area contributed by atoms with Gasteiger partial charge in [0.25, 0.3) is 0 Å². The Morgan fingerprint density at radius 2 is 2.22 bits per heavy atom. The van der Waals surface area contributed by atoms with Gasteiger partial charge in [0, 0.05) is 0 Å². The SMILES string of the molecule is SSc1cnc(SS)[nH]1. The lowest BCUT2D eigenvalue weighted by atomic mass is 11.0. The van der Waals surface area contributed by atoms with Crippen LogP contribution in [0, 0.1) is 0 Å². The zero-order valence-electron chi connectivity index (χ0n) is 4.24. The minimum Gasteiger partial charge on any atom is -0.327 e. The fourth-order valence-electron chi connectivity index (χ4n) is 0.380. The highest BCUT2D eigenvalue weighted by molar-refractivity contribution is 8.69. The second kappa shape index (κ2) is 3.70. The van der Waals surface area contributed by atoms with Crippen LogP contribution in [0.25, 0.3) is 0 Å². The summed E-state index contributed by atoms with van der Waals surface area (Å²) in [6.07, 6.45) is 1.72. The molecule has 0 unspecified atom stereocenters. The molecule has 0 aromatic carbocycles. The lowest BCUT2D eigenvalue weighted by Gasteiger charge is -1.83. The molecule has 0 saturated heterocycles. The Hall–Kier alpha value is 0.610. The maximum absolute atomic E-state index is 3.97. The molecule has 1 aromatic rings. The summed E-state index contributed by atoms with van der Waals surface area (Å²) < 4.78 is 0. The van der Waals surface area contributed by atoms with Crippen LogP contribution in [0.1, 0.15) is 0 Å². The van der Waals surface area contributed by atoms with Crippen molar-refractivity contribution >= 4 is 44.9 Å². The first-order valence-corrected chi connectivity index (χ1v) is 5.78. The summed E-state index contributed by atoms with van der Waals surface area (Å²) in [5.41, 5.74) is 0. The molecule has 0 aliphatic rings. The van der Waals surface area contributed by atoms with E-state index >= 15 is 0 Å². The molecule has 0 atom stereocenters. The van der Waals surface area contributed by atoms with Crippen LogP contribution < -0.4 is 0 Å². The van der Waals surface area contributed by atoms with E-state index < -0.39 is 0 Å². The number of hydrogen-bond donors (Lipinski definition) is 3. The van der Waals surface area contributed by atoms with Crippen LogP contribution in [0.3, 0.4) is 0 Å². The molecule has 1 heterocycles. The first kappa shape index (κ1) is 7.71. The van der Waals surface area contributed by atoms with Crippen molar-refractivity contribution in [2.45, 2.75) is 10.2 Å². The van der Waals surface area contributed by atoms with Gasteiger partial charge in [-0.1, -0.05) is 0 Å². The summed E-state index contributed by atoms with van der Waals surface area (Å²) in [4.78, 5) is 6.94. The van der Waals surface area contributed by atoms with Crippen LogP contribution in [-0.2, 0) is 0 Å². The summed E-state index contributed by atoms with van der Waals surface area (Å²) in [6.45, 7) is 0. The molecule has 0 aliphatic heterocycles. The maximum Gasteiger partial charge on any atom is 0.176 e. The van der Waals surface area contributed by atoms with E-state index in [4.69, 9.17) is 0 Å². The third-order valence-electron chi connectivity index (χ3n) is 0.714. The number of H-pyrrole nitrogens is 1. The molecule has 1 N–H and O–H groups in total. The number of rotatable bonds is 2. The Morgan fingerprint density at radius 1 is 1.44 bits per heavy atom. The number of nitrogens with zero attached hydrogens (tertiary/aromatic N) is 1. The monoisotopic (exact) mass is 196 g/mol. The summed E-state index contributed by atoms with van der Waals surface area (Å²) in [7, 11) is 2.62. The Bertz CT molecular complexity index is 167. The van der Waals surface area contributed by atoms with Crippen molar-refractivity contribution in [3.8, 4) is 0 Å². The molecule has 0 aliphatic carbocycles. The van der Waals surface area contributed by atoms with Gasteiger partial charge in [0.2, 0.25) is 0 Å². The fraction of sp³-hybridized carbons (Fsp3) is 0. The van der Waals surface area contributed by atoms with Crippen molar-refractivity contribution in [1.82, 2.24) is 9.97 Å². The van der Waals surface area contributed by atoms with Crippen molar-refractivity contribution in [3.63, 3.8) is 0 Å². The minimum atomic E-state index is 0.801. The molecule has 6 heteroatoms. The normalized spacial score (nSPS) is 10.0. The van der Waals surface area contributed by atoms with E-state index in [1.54, 1.807) is 6.20 Å². The Kier molecular flexibility index (Phi) is 3.17. The van der Waals surface area contributed by atoms with E-state index in [1.807, 2.05) is 0 Å². The highest BCUT2D eigenvalue weighted by Crippen LogP contribution is 2.23. The van der Waals surface area contributed by atoms with Gasteiger partial charge in [0.1, 0.15) is 5.03 Å². The lowest BCUT2D eigenvalue weighted by molar-refractivity contribution is 1.03. The second-order valence-corrected chi connectivity index (χ2v) is 3.52. The molecule has 50 valence electrons. The largest absolute Gasteiger partial charge is 0.327 e. The topological polar surface area (TPSA) is 28.7 Å². The predicted octanol–water partition coefficient (Wildman–Crippen LogP) is 2.28. The minimum absolute atomic E-state index is 0.801. The van der Waals surface area contributed by atoms with Gasteiger partial charge < -0.3 is 4.98 Å². The molecule has 0 amide bonds. The highest BCUT2D eigenvalue weighted by atomic mass is 33.1. The number of nitrogens with one attached hydrogen (secondary N) is 1.